The molecule has 4 amide bonds. The summed E-state index contributed by atoms with van der Waals surface area (Å²) in [7, 11) is 0. The van der Waals surface area contributed by atoms with Gasteiger partial charge in [-0.05, 0) is 135 Å². The Kier molecular flexibility index (Phi) is 5.24. The van der Waals surface area contributed by atoms with Crippen molar-refractivity contribution in [3.05, 3.63) is 23.8 Å². The van der Waals surface area contributed by atoms with Crippen molar-refractivity contribution in [3.8, 4) is 0 Å². The fourth-order valence-corrected chi connectivity index (χ4v) is 12.8. The topological polar surface area (TPSA) is 82.3 Å². The lowest BCUT2D eigenvalue weighted by molar-refractivity contribution is -0.113. The predicted octanol–water partition coefficient (Wildman–Crippen LogP) is 7.74. The monoisotopic (exact) mass is 532 g/mol. The molecule has 39 heavy (non-hydrogen) atoms. The number of amides is 4. The van der Waals surface area contributed by atoms with Crippen LogP contribution in [-0.2, 0) is 0 Å². The first-order chi connectivity index (χ1) is 18.2. The molecule has 9 rings (SSSR count). The average molecular weight is 533 g/mol. The summed E-state index contributed by atoms with van der Waals surface area (Å²) in [5, 5.41) is 13.1. The lowest BCUT2D eigenvalue weighted by Gasteiger charge is -2.65. The van der Waals surface area contributed by atoms with Crippen molar-refractivity contribution in [1.82, 2.24) is 10.6 Å². The van der Waals surface area contributed by atoms with Gasteiger partial charge in [-0.15, -0.1) is 0 Å². The van der Waals surface area contributed by atoms with E-state index < -0.39 is 0 Å². The number of carbonyl (C=O) groups is 2. The Labute approximate surface area is 234 Å². The third-order valence-corrected chi connectivity index (χ3v) is 11.8. The van der Waals surface area contributed by atoms with Crippen LogP contribution in [0.1, 0.15) is 110 Å². The van der Waals surface area contributed by atoms with E-state index in [9.17, 15) is 9.59 Å². The molecule has 0 heterocycles. The van der Waals surface area contributed by atoms with Crippen molar-refractivity contribution in [2.75, 3.05) is 10.6 Å². The van der Waals surface area contributed by atoms with Crippen LogP contribution in [0.25, 0.3) is 0 Å². The third kappa shape index (κ3) is 4.54. The maximum Gasteiger partial charge on any atom is 0.319 e. The van der Waals surface area contributed by atoms with Crippen LogP contribution < -0.4 is 21.3 Å². The molecule has 4 atom stereocenters. The first-order valence-corrected chi connectivity index (χ1v) is 15.5. The molecular formula is C33H48N4O2. The number of carbonyl (C=O) groups excluding carboxylic acids is 2. The van der Waals surface area contributed by atoms with E-state index in [0.717, 1.165) is 61.6 Å². The molecule has 8 saturated carbocycles. The molecule has 1 aromatic rings. The van der Waals surface area contributed by atoms with E-state index >= 15 is 0 Å². The molecule has 0 aliphatic heterocycles. The van der Waals surface area contributed by atoms with Gasteiger partial charge in [0.2, 0.25) is 0 Å². The summed E-state index contributed by atoms with van der Waals surface area (Å²) in [5.41, 5.74) is 3.66. The SMILES string of the molecule is Cc1ccc(NC(=O)NC23CC4CC(C)(CC(C)(C4)C2)C3)cc1NC(=O)NC12CC3CC(C)(CC(C)(C3)C1)C2. The number of aryl methyl sites for hydroxylation is 1. The zero-order valence-electron chi connectivity index (χ0n) is 24.7. The molecule has 4 unspecified atom stereocenters. The van der Waals surface area contributed by atoms with E-state index in [1.807, 2.05) is 25.1 Å². The van der Waals surface area contributed by atoms with Gasteiger partial charge in [0, 0.05) is 22.5 Å². The molecule has 8 bridgehead atoms. The molecule has 6 heteroatoms. The highest BCUT2D eigenvalue weighted by Gasteiger charge is 2.61. The fraction of sp³-hybridized carbons (Fsp3) is 0.758. The van der Waals surface area contributed by atoms with Crippen LogP contribution in [0.2, 0.25) is 0 Å². The quantitative estimate of drug-likeness (QED) is 0.320. The standard InChI is InChI=1S/C33H48N4O2/c1-21-6-7-24(34-26(38)36-32-13-22-9-28(2,17-32)15-29(3,10-22)18-32)8-25(21)35-27(39)37-33-14-23-11-30(4,19-33)16-31(5,12-23)20-33/h6-8,22-23H,9-20H2,1-5H3,(H2,34,36,38)(H2,35,37,39). The minimum absolute atomic E-state index is 0.0934. The van der Waals surface area contributed by atoms with Gasteiger partial charge >= 0.3 is 12.1 Å². The lowest BCUT2D eigenvalue weighted by Crippen LogP contribution is -2.65. The number of benzene rings is 1. The second-order valence-corrected chi connectivity index (χ2v) is 17.0. The van der Waals surface area contributed by atoms with Crippen LogP contribution in [0.3, 0.4) is 0 Å². The Morgan fingerprint density at radius 2 is 1.08 bits per heavy atom. The lowest BCUT2D eigenvalue weighted by atomic mass is 9.43. The maximum atomic E-state index is 13.3. The molecule has 8 aliphatic rings. The summed E-state index contributed by atoms with van der Waals surface area (Å²) in [5.74, 6) is 1.45. The summed E-state index contributed by atoms with van der Waals surface area (Å²) in [6, 6.07) is 5.56. The van der Waals surface area contributed by atoms with Crippen molar-refractivity contribution in [3.63, 3.8) is 0 Å². The van der Waals surface area contributed by atoms with Crippen molar-refractivity contribution >= 4 is 23.4 Å². The Morgan fingerprint density at radius 3 is 1.51 bits per heavy atom. The Morgan fingerprint density at radius 1 is 0.641 bits per heavy atom. The zero-order chi connectivity index (χ0) is 27.5. The van der Waals surface area contributed by atoms with E-state index in [1.54, 1.807) is 0 Å². The van der Waals surface area contributed by atoms with Crippen LogP contribution in [-0.4, -0.2) is 23.1 Å². The first-order valence-electron chi connectivity index (χ1n) is 15.5. The molecule has 212 valence electrons. The van der Waals surface area contributed by atoms with Gasteiger partial charge in [0.05, 0.1) is 0 Å². The molecule has 8 aliphatic carbocycles. The number of rotatable bonds is 4. The van der Waals surface area contributed by atoms with Crippen molar-refractivity contribution in [1.29, 1.82) is 0 Å². The number of nitrogens with one attached hydrogen (secondary N) is 4. The normalized spacial score (nSPS) is 46.7. The van der Waals surface area contributed by atoms with E-state index in [2.05, 4.69) is 49.0 Å². The van der Waals surface area contributed by atoms with Crippen LogP contribution >= 0.6 is 0 Å². The Hall–Kier alpha value is -2.24. The van der Waals surface area contributed by atoms with Crippen molar-refractivity contribution in [2.24, 2.45) is 33.5 Å². The summed E-state index contributed by atoms with van der Waals surface area (Å²) < 4.78 is 0. The Balaban J connectivity index is 1.02. The Bertz CT molecular complexity index is 1200. The summed E-state index contributed by atoms with van der Waals surface area (Å²) >= 11 is 0. The van der Waals surface area contributed by atoms with Gasteiger partial charge in [-0.1, -0.05) is 33.8 Å². The molecule has 0 saturated heterocycles. The maximum absolute atomic E-state index is 13.3. The first kappa shape index (κ1) is 25.7. The molecule has 6 nitrogen and oxygen atoms in total. The van der Waals surface area contributed by atoms with Gasteiger partial charge in [0.1, 0.15) is 0 Å². The van der Waals surface area contributed by atoms with E-state index in [1.165, 1.54) is 38.5 Å². The van der Waals surface area contributed by atoms with Crippen LogP contribution in [0.4, 0.5) is 21.0 Å². The van der Waals surface area contributed by atoms with Gasteiger partial charge in [-0.25, -0.2) is 9.59 Å². The minimum atomic E-state index is -0.126. The van der Waals surface area contributed by atoms with E-state index in [4.69, 9.17) is 0 Å². The smallest absolute Gasteiger partial charge is 0.319 e. The van der Waals surface area contributed by atoms with Crippen LogP contribution in [0.5, 0.6) is 0 Å². The second-order valence-electron chi connectivity index (χ2n) is 17.0. The van der Waals surface area contributed by atoms with E-state index in [-0.39, 0.29) is 23.1 Å². The summed E-state index contributed by atoms with van der Waals surface area (Å²) in [6.45, 7) is 11.7. The van der Waals surface area contributed by atoms with Crippen molar-refractivity contribution < 1.29 is 9.59 Å². The largest absolute Gasteiger partial charge is 0.332 e. The summed E-state index contributed by atoms with van der Waals surface area (Å²) in [4.78, 5) is 26.6. The van der Waals surface area contributed by atoms with Crippen molar-refractivity contribution in [2.45, 2.75) is 123 Å². The van der Waals surface area contributed by atoms with Crippen LogP contribution in [0.15, 0.2) is 18.2 Å². The third-order valence-electron chi connectivity index (χ3n) is 11.8. The number of urea groups is 2. The molecule has 0 radical (unpaired) electrons. The average Bonchev–Trinajstić information content (AvgIpc) is 2.69. The van der Waals surface area contributed by atoms with Gasteiger partial charge < -0.3 is 21.3 Å². The van der Waals surface area contributed by atoms with Gasteiger partial charge in [0.25, 0.3) is 0 Å². The molecular weight excluding hydrogens is 484 g/mol. The van der Waals surface area contributed by atoms with Crippen LogP contribution in [0, 0.1) is 40.4 Å². The minimum Gasteiger partial charge on any atom is -0.332 e. The van der Waals surface area contributed by atoms with E-state index in [0.29, 0.717) is 27.3 Å². The summed E-state index contributed by atoms with van der Waals surface area (Å²) in [6.07, 6.45) is 14.4. The fourth-order valence-electron chi connectivity index (χ4n) is 12.8. The highest BCUT2D eigenvalue weighted by molar-refractivity contribution is 5.94. The molecule has 1 aromatic carbocycles. The number of anilines is 2. The highest BCUT2D eigenvalue weighted by atomic mass is 16.2. The van der Waals surface area contributed by atoms with Gasteiger partial charge in [-0.2, -0.15) is 0 Å². The second kappa shape index (κ2) is 7.94. The van der Waals surface area contributed by atoms with Gasteiger partial charge in [-0.3, -0.25) is 0 Å². The zero-order valence-corrected chi connectivity index (χ0v) is 24.7. The number of hydrogen-bond donors (Lipinski definition) is 4. The molecule has 8 fully saturated rings. The number of hydrogen-bond acceptors (Lipinski definition) is 2. The molecule has 0 spiro atoms. The molecule has 4 N–H and O–H groups in total. The molecule has 0 aromatic heterocycles. The van der Waals surface area contributed by atoms with Gasteiger partial charge in [0.15, 0.2) is 0 Å². The highest BCUT2D eigenvalue weighted by Crippen LogP contribution is 2.67. The predicted molar refractivity (Wildman–Crippen MR) is 156 cm³/mol.